The molecule has 0 saturated heterocycles. The SMILES string of the molecule is CCC(C)C(CO)c1csc(Nc2ccc(C)cc2)n1. The lowest BCUT2D eigenvalue weighted by molar-refractivity contribution is 0.226. The maximum absolute atomic E-state index is 9.55. The quantitative estimate of drug-likeness (QED) is 0.833. The molecular formula is C16H22N2OS. The van der Waals surface area contributed by atoms with Gasteiger partial charge in [-0.15, -0.1) is 11.3 Å². The summed E-state index contributed by atoms with van der Waals surface area (Å²) < 4.78 is 0. The van der Waals surface area contributed by atoms with E-state index in [4.69, 9.17) is 0 Å². The molecule has 3 nitrogen and oxygen atoms in total. The van der Waals surface area contributed by atoms with E-state index in [0.717, 1.165) is 22.9 Å². The van der Waals surface area contributed by atoms with Gasteiger partial charge in [-0.2, -0.15) is 0 Å². The zero-order valence-electron chi connectivity index (χ0n) is 12.3. The lowest BCUT2D eigenvalue weighted by Crippen LogP contribution is -2.13. The maximum atomic E-state index is 9.55. The summed E-state index contributed by atoms with van der Waals surface area (Å²) in [4.78, 5) is 4.62. The molecule has 0 fully saturated rings. The fraction of sp³-hybridized carbons (Fsp3) is 0.438. The van der Waals surface area contributed by atoms with Gasteiger partial charge in [-0.3, -0.25) is 0 Å². The Balaban J connectivity index is 2.10. The van der Waals surface area contributed by atoms with Crippen molar-refractivity contribution in [3.63, 3.8) is 0 Å². The van der Waals surface area contributed by atoms with Crippen LogP contribution in [0.1, 0.15) is 37.4 Å². The van der Waals surface area contributed by atoms with Gasteiger partial charge in [0.1, 0.15) is 0 Å². The number of nitrogens with zero attached hydrogens (tertiary/aromatic N) is 1. The molecule has 0 saturated carbocycles. The molecule has 108 valence electrons. The molecule has 1 heterocycles. The van der Waals surface area contributed by atoms with Crippen molar-refractivity contribution in [2.75, 3.05) is 11.9 Å². The number of hydrogen-bond donors (Lipinski definition) is 2. The van der Waals surface area contributed by atoms with Gasteiger partial charge in [0.05, 0.1) is 12.3 Å². The molecular weight excluding hydrogens is 268 g/mol. The van der Waals surface area contributed by atoms with Crippen molar-refractivity contribution in [2.24, 2.45) is 5.92 Å². The summed E-state index contributed by atoms with van der Waals surface area (Å²) in [5.74, 6) is 0.569. The number of aromatic nitrogens is 1. The number of rotatable bonds is 6. The van der Waals surface area contributed by atoms with E-state index in [9.17, 15) is 5.11 Å². The third-order valence-electron chi connectivity index (χ3n) is 3.73. The van der Waals surface area contributed by atoms with Crippen molar-refractivity contribution >= 4 is 22.2 Å². The second-order valence-electron chi connectivity index (χ2n) is 5.24. The van der Waals surface area contributed by atoms with Crippen LogP contribution >= 0.6 is 11.3 Å². The van der Waals surface area contributed by atoms with E-state index in [1.54, 1.807) is 11.3 Å². The lowest BCUT2D eigenvalue weighted by Gasteiger charge is -2.18. The Labute approximate surface area is 124 Å². The van der Waals surface area contributed by atoms with Gasteiger partial charge in [0, 0.05) is 17.0 Å². The number of hydrogen-bond acceptors (Lipinski definition) is 4. The van der Waals surface area contributed by atoms with E-state index < -0.39 is 0 Å². The summed E-state index contributed by atoms with van der Waals surface area (Å²) in [6.45, 7) is 6.53. The predicted octanol–water partition coefficient (Wildman–Crippen LogP) is 4.32. The van der Waals surface area contributed by atoms with Crippen LogP contribution in [0.3, 0.4) is 0 Å². The molecule has 1 aromatic carbocycles. The summed E-state index contributed by atoms with van der Waals surface area (Å²) in [6.07, 6.45) is 1.05. The minimum atomic E-state index is 0.129. The van der Waals surface area contributed by atoms with Gasteiger partial charge in [-0.25, -0.2) is 4.98 Å². The summed E-state index contributed by atoms with van der Waals surface area (Å²) >= 11 is 1.59. The van der Waals surface area contributed by atoms with Gasteiger partial charge in [0.25, 0.3) is 0 Å². The molecule has 2 atom stereocenters. The van der Waals surface area contributed by atoms with Crippen LogP contribution in [0.2, 0.25) is 0 Å². The zero-order chi connectivity index (χ0) is 14.5. The Morgan fingerprint density at radius 1 is 1.30 bits per heavy atom. The molecule has 0 amide bonds. The molecule has 2 aromatic rings. The zero-order valence-corrected chi connectivity index (χ0v) is 13.1. The van der Waals surface area contributed by atoms with Crippen LogP contribution in [-0.2, 0) is 0 Å². The maximum Gasteiger partial charge on any atom is 0.187 e. The fourth-order valence-corrected chi connectivity index (χ4v) is 2.92. The molecule has 0 aliphatic carbocycles. The number of aliphatic hydroxyl groups excluding tert-OH is 1. The first-order chi connectivity index (χ1) is 9.63. The molecule has 0 aliphatic rings. The number of nitrogens with one attached hydrogen (secondary N) is 1. The topological polar surface area (TPSA) is 45.1 Å². The van der Waals surface area contributed by atoms with E-state index in [1.165, 1.54) is 5.56 Å². The summed E-state index contributed by atoms with van der Waals surface area (Å²) in [6, 6.07) is 8.25. The molecule has 1 aromatic heterocycles. The Morgan fingerprint density at radius 3 is 2.60 bits per heavy atom. The molecule has 0 bridgehead atoms. The highest BCUT2D eigenvalue weighted by Crippen LogP contribution is 2.30. The van der Waals surface area contributed by atoms with Gasteiger partial charge < -0.3 is 10.4 Å². The number of anilines is 2. The second kappa shape index (κ2) is 6.86. The van der Waals surface area contributed by atoms with Crippen LogP contribution in [0.25, 0.3) is 0 Å². The third kappa shape index (κ3) is 3.58. The smallest absolute Gasteiger partial charge is 0.187 e. The minimum Gasteiger partial charge on any atom is -0.396 e. The largest absolute Gasteiger partial charge is 0.396 e. The number of benzene rings is 1. The first-order valence-electron chi connectivity index (χ1n) is 7.04. The molecule has 0 spiro atoms. The van der Waals surface area contributed by atoms with Crippen molar-refractivity contribution in [1.29, 1.82) is 0 Å². The molecule has 2 N–H and O–H groups in total. The summed E-state index contributed by atoms with van der Waals surface area (Å²) in [5.41, 5.74) is 3.27. The van der Waals surface area contributed by atoms with Crippen LogP contribution < -0.4 is 5.32 Å². The average molecular weight is 290 g/mol. The average Bonchev–Trinajstić information content (AvgIpc) is 2.90. The Bertz CT molecular complexity index is 536. The van der Waals surface area contributed by atoms with Crippen molar-refractivity contribution in [3.8, 4) is 0 Å². The van der Waals surface area contributed by atoms with E-state index in [-0.39, 0.29) is 12.5 Å². The van der Waals surface area contributed by atoms with E-state index >= 15 is 0 Å². The first kappa shape index (κ1) is 15.0. The monoisotopic (exact) mass is 290 g/mol. The van der Waals surface area contributed by atoms with Gasteiger partial charge in [0.2, 0.25) is 0 Å². The van der Waals surface area contributed by atoms with Gasteiger partial charge >= 0.3 is 0 Å². The first-order valence-corrected chi connectivity index (χ1v) is 7.92. The highest BCUT2D eigenvalue weighted by Gasteiger charge is 2.20. The van der Waals surface area contributed by atoms with Gasteiger partial charge in [-0.1, -0.05) is 38.0 Å². The third-order valence-corrected chi connectivity index (χ3v) is 4.51. The molecule has 4 heteroatoms. The Kier molecular flexibility index (Phi) is 5.15. The second-order valence-corrected chi connectivity index (χ2v) is 6.10. The Morgan fingerprint density at radius 2 is 2.00 bits per heavy atom. The van der Waals surface area contributed by atoms with E-state index in [2.05, 4.69) is 55.3 Å². The van der Waals surface area contributed by atoms with E-state index in [0.29, 0.717) is 5.92 Å². The minimum absolute atomic E-state index is 0.129. The Hall–Kier alpha value is -1.39. The predicted molar refractivity (Wildman–Crippen MR) is 85.9 cm³/mol. The van der Waals surface area contributed by atoms with Crippen LogP contribution in [-0.4, -0.2) is 16.7 Å². The van der Waals surface area contributed by atoms with Crippen molar-refractivity contribution < 1.29 is 5.11 Å². The van der Waals surface area contributed by atoms with Crippen LogP contribution in [0.5, 0.6) is 0 Å². The molecule has 2 rings (SSSR count). The van der Waals surface area contributed by atoms with Crippen LogP contribution in [0.4, 0.5) is 10.8 Å². The standard InChI is InChI=1S/C16H22N2OS/c1-4-12(3)14(9-19)15-10-20-16(18-15)17-13-7-5-11(2)6-8-13/h5-8,10,12,14,19H,4,9H2,1-3H3,(H,17,18). The summed E-state index contributed by atoms with van der Waals surface area (Å²) in [7, 11) is 0. The van der Waals surface area contributed by atoms with Gasteiger partial charge in [0.15, 0.2) is 5.13 Å². The highest BCUT2D eigenvalue weighted by molar-refractivity contribution is 7.13. The fourth-order valence-electron chi connectivity index (χ4n) is 2.12. The normalized spacial score (nSPS) is 14.0. The van der Waals surface area contributed by atoms with Crippen LogP contribution in [0.15, 0.2) is 29.6 Å². The van der Waals surface area contributed by atoms with Crippen LogP contribution in [0, 0.1) is 12.8 Å². The van der Waals surface area contributed by atoms with Crippen molar-refractivity contribution in [1.82, 2.24) is 4.98 Å². The highest BCUT2D eigenvalue weighted by atomic mass is 32.1. The molecule has 2 unspecified atom stereocenters. The molecule has 0 radical (unpaired) electrons. The summed E-state index contributed by atoms with van der Waals surface area (Å²) in [5, 5.41) is 15.8. The van der Waals surface area contributed by atoms with Crippen molar-refractivity contribution in [3.05, 3.63) is 40.9 Å². The number of aliphatic hydroxyl groups is 1. The number of aryl methyl sites for hydroxylation is 1. The molecule has 0 aliphatic heterocycles. The van der Waals surface area contributed by atoms with Crippen molar-refractivity contribution in [2.45, 2.75) is 33.1 Å². The van der Waals surface area contributed by atoms with E-state index in [1.807, 2.05) is 5.38 Å². The van der Waals surface area contributed by atoms with Gasteiger partial charge in [-0.05, 0) is 25.0 Å². The lowest BCUT2D eigenvalue weighted by atomic mass is 9.90. The number of thiazole rings is 1. The molecule has 20 heavy (non-hydrogen) atoms.